The number of methoxy groups -OCH3 is 1. The summed E-state index contributed by atoms with van der Waals surface area (Å²) in [6.45, 7) is 0. The lowest BCUT2D eigenvalue weighted by atomic mass is 10.1. The third kappa shape index (κ3) is 3.51. The topological polar surface area (TPSA) is 43.4 Å². The van der Waals surface area contributed by atoms with Crippen LogP contribution in [-0.2, 0) is 21.3 Å². The van der Waals surface area contributed by atoms with Crippen LogP contribution in [0, 0.1) is 0 Å². The number of ether oxygens (including phenoxy) is 1. The van der Waals surface area contributed by atoms with Gasteiger partial charge in [0, 0.05) is 4.90 Å². The van der Waals surface area contributed by atoms with Crippen molar-refractivity contribution in [1.29, 1.82) is 0 Å². The maximum Gasteiger partial charge on any atom is 0.337 e. The van der Waals surface area contributed by atoms with Crippen LogP contribution in [0.1, 0.15) is 15.9 Å². The summed E-state index contributed by atoms with van der Waals surface area (Å²) in [4.78, 5) is 12.1. The Morgan fingerprint density at radius 3 is 2.26 bits per heavy atom. The van der Waals surface area contributed by atoms with Gasteiger partial charge < -0.3 is 4.74 Å². The SMILES string of the molecule is COC(=O)c1ccc(C[S@@](=O)c2ccccc2)cc1. The van der Waals surface area contributed by atoms with E-state index < -0.39 is 10.8 Å². The van der Waals surface area contributed by atoms with E-state index >= 15 is 0 Å². The molecule has 3 nitrogen and oxygen atoms in total. The van der Waals surface area contributed by atoms with E-state index in [9.17, 15) is 9.00 Å². The molecule has 0 aliphatic carbocycles. The average molecular weight is 274 g/mol. The zero-order chi connectivity index (χ0) is 13.7. The molecule has 19 heavy (non-hydrogen) atoms. The van der Waals surface area contributed by atoms with Crippen molar-refractivity contribution in [3.05, 3.63) is 65.7 Å². The molecule has 0 bridgehead atoms. The summed E-state index contributed by atoms with van der Waals surface area (Å²) >= 11 is 0. The van der Waals surface area contributed by atoms with Gasteiger partial charge in [-0.1, -0.05) is 30.3 Å². The van der Waals surface area contributed by atoms with Crippen molar-refractivity contribution in [1.82, 2.24) is 0 Å². The van der Waals surface area contributed by atoms with Gasteiger partial charge in [0.25, 0.3) is 0 Å². The first-order valence-electron chi connectivity index (χ1n) is 5.81. The molecule has 0 aliphatic heterocycles. The predicted molar refractivity (Wildman–Crippen MR) is 74.3 cm³/mol. The van der Waals surface area contributed by atoms with E-state index in [1.165, 1.54) is 7.11 Å². The molecule has 0 aromatic heterocycles. The summed E-state index contributed by atoms with van der Waals surface area (Å²) in [5.74, 6) is 0.0709. The van der Waals surface area contributed by atoms with Crippen molar-refractivity contribution < 1.29 is 13.7 Å². The highest BCUT2D eigenvalue weighted by molar-refractivity contribution is 7.84. The number of esters is 1. The van der Waals surface area contributed by atoms with Crippen LogP contribution in [0.15, 0.2) is 59.5 Å². The molecule has 2 rings (SSSR count). The van der Waals surface area contributed by atoms with Crippen LogP contribution < -0.4 is 0 Å². The highest BCUT2D eigenvalue weighted by Crippen LogP contribution is 2.13. The van der Waals surface area contributed by atoms with Gasteiger partial charge in [0.15, 0.2) is 0 Å². The molecule has 0 saturated carbocycles. The van der Waals surface area contributed by atoms with Crippen molar-refractivity contribution in [3.8, 4) is 0 Å². The van der Waals surface area contributed by atoms with Crippen LogP contribution in [0.4, 0.5) is 0 Å². The van der Waals surface area contributed by atoms with Crippen LogP contribution in [0.2, 0.25) is 0 Å². The molecule has 0 unspecified atom stereocenters. The average Bonchev–Trinajstić information content (AvgIpc) is 2.48. The van der Waals surface area contributed by atoms with Gasteiger partial charge >= 0.3 is 5.97 Å². The minimum atomic E-state index is -1.07. The molecule has 4 heteroatoms. The van der Waals surface area contributed by atoms with Gasteiger partial charge in [-0.2, -0.15) is 0 Å². The van der Waals surface area contributed by atoms with Crippen molar-refractivity contribution in [2.24, 2.45) is 0 Å². The minimum Gasteiger partial charge on any atom is -0.465 e. The zero-order valence-electron chi connectivity index (χ0n) is 10.5. The Hall–Kier alpha value is -1.94. The van der Waals surface area contributed by atoms with Crippen LogP contribution in [0.25, 0.3) is 0 Å². The number of hydrogen-bond acceptors (Lipinski definition) is 3. The second kappa shape index (κ2) is 6.29. The van der Waals surface area contributed by atoms with Gasteiger partial charge in [-0.3, -0.25) is 4.21 Å². The van der Waals surface area contributed by atoms with Gasteiger partial charge in [0.05, 0.1) is 29.2 Å². The Bertz CT molecular complexity index is 576. The van der Waals surface area contributed by atoms with E-state index in [1.54, 1.807) is 24.3 Å². The zero-order valence-corrected chi connectivity index (χ0v) is 11.4. The fourth-order valence-corrected chi connectivity index (χ4v) is 2.78. The highest BCUT2D eigenvalue weighted by Gasteiger charge is 2.07. The number of rotatable bonds is 4. The quantitative estimate of drug-likeness (QED) is 0.805. The monoisotopic (exact) mass is 274 g/mol. The molecular formula is C15H14O3S. The number of hydrogen-bond donors (Lipinski definition) is 0. The Balaban J connectivity index is 2.08. The van der Waals surface area contributed by atoms with Crippen LogP contribution in [-0.4, -0.2) is 17.3 Å². The molecule has 98 valence electrons. The Labute approximate surface area is 114 Å². The molecule has 1 atom stereocenters. The Morgan fingerprint density at radius 1 is 1.05 bits per heavy atom. The largest absolute Gasteiger partial charge is 0.465 e. The third-order valence-corrected chi connectivity index (χ3v) is 4.07. The smallest absolute Gasteiger partial charge is 0.337 e. The lowest BCUT2D eigenvalue weighted by Gasteiger charge is -2.04. The summed E-state index contributed by atoms with van der Waals surface area (Å²) in [5, 5.41) is 0. The summed E-state index contributed by atoms with van der Waals surface area (Å²) in [6.07, 6.45) is 0. The predicted octanol–water partition coefficient (Wildman–Crippen LogP) is 2.78. The summed E-state index contributed by atoms with van der Waals surface area (Å²) in [5.41, 5.74) is 1.42. The van der Waals surface area contributed by atoms with Crippen LogP contribution in [0.5, 0.6) is 0 Å². The van der Waals surface area contributed by atoms with E-state index in [1.807, 2.05) is 30.3 Å². The molecule has 0 heterocycles. The van der Waals surface area contributed by atoms with E-state index in [0.717, 1.165) is 10.5 Å². The highest BCUT2D eigenvalue weighted by atomic mass is 32.2. The lowest BCUT2D eigenvalue weighted by Crippen LogP contribution is -2.02. The van der Waals surface area contributed by atoms with E-state index in [4.69, 9.17) is 0 Å². The molecule has 0 N–H and O–H groups in total. The van der Waals surface area contributed by atoms with E-state index in [2.05, 4.69) is 4.74 Å². The number of carbonyl (C=O) groups is 1. The molecule has 2 aromatic carbocycles. The van der Waals surface area contributed by atoms with Crippen molar-refractivity contribution in [2.45, 2.75) is 10.6 Å². The summed E-state index contributed by atoms with van der Waals surface area (Å²) in [6, 6.07) is 16.3. The first kappa shape index (κ1) is 13.5. The van der Waals surface area contributed by atoms with Crippen molar-refractivity contribution in [2.75, 3.05) is 7.11 Å². The van der Waals surface area contributed by atoms with Gasteiger partial charge in [0.1, 0.15) is 0 Å². The Morgan fingerprint density at radius 2 is 1.68 bits per heavy atom. The molecule has 0 spiro atoms. The summed E-state index contributed by atoms with van der Waals surface area (Å²) in [7, 11) is 0.278. The third-order valence-electron chi connectivity index (χ3n) is 2.68. The first-order chi connectivity index (χ1) is 9.20. The maximum atomic E-state index is 12.1. The van der Waals surface area contributed by atoms with Gasteiger partial charge in [-0.05, 0) is 29.8 Å². The van der Waals surface area contributed by atoms with Crippen LogP contribution >= 0.6 is 0 Å². The second-order valence-corrected chi connectivity index (χ2v) is 5.44. The van der Waals surface area contributed by atoms with Gasteiger partial charge in [-0.25, -0.2) is 4.79 Å². The molecule has 0 radical (unpaired) electrons. The fraction of sp³-hybridized carbons (Fsp3) is 0.133. The summed E-state index contributed by atoms with van der Waals surface area (Å²) < 4.78 is 16.7. The van der Waals surface area contributed by atoms with Crippen molar-refractivity contribution in [3.63, 3.8) is 0 Å². The molecule has 0 fully saturated rings. The minimum absolute atomic E-state index is 0.365. The fourth-order valence-electron chi connectivity index (χ4n) is 1.66. The second-order valence-electron chi connectivity index (χ2n) is 3.99. The van der Waals surface area contributed by atoms with Crippen molar-refractivity contribution >= 4 is 16.8 Å². The van der Waals surface area contributed by atoms with Gasteiger partial charge in [-0.15, -0.1) is 0 Å². The van der Waals surface area contributed by atoms with E-state index in [0.29, 0.717) is 11.3 Å². The molecular weight excluding hydrogens is 260 g/mol. The molecule has 0 aliphatic rings. The molecule has 2 aromatic rings. The normalized spacial score (nSPS) is 11.8. The lowest BCUT2D eigenvalue weighted by molar-refractivity contribution is 0.0600. The maximum absolute atomic E-state index is 12.1. The number of benzene rings is 2. The van der Waals surface area contributed by atoms with E-state index in [-0.39, 0.29) is 5.97 Å². The van der Waals surface area contributed by atoms with Crippen LogP contribution in [0.3, 0.4) is 0 Å². The first-order valence-corrected chi connectivity index (χ1v) is 7.13. The Kier molecular flexibility index (Phi) is 4.47. The molecule has 0 amide bonds. The molecule has 0 saturated heterocycles. The standard InChI is InChI=1S/C15H14O3S/c1-18-15(16)13-9-7-12(8-10-13)11-19(17)14-5-3-2-4-6-14/h2-10H,11H2,1H3/t19-/m1/s1. The number of carbonyl (C=O) groups excluding carboxylic acids is 1. The van der Waals surface area contributed by atoms with Gasteiger partial charge in [0.2, 0.25) is 0 Å².